The third-order valence-corrected chi connectivity index (χ3v) is 4.87. The number of hydrogen-bond donors (Lipinski definition) is 0. The molecule has 2 aromatic carbocycles. The van der Waals surface area contributed by atoms with Crippen LogP contribution in [0, 0.1) is 0 Å². The number of esters is 1. The molecular weight excluding hydrogens is 399 g/mol. The van der Waals surface area contributed by atoms with E-state index in [0.29, 0.717) is 5.56 Å². The second-order valence-corrected chi connectivity index (χ2v) is 7.37. The first-order chi connectivity index (χ1) is 13.4. The molecule has 0 atom stereocenters. The highest BCUT2D eigenvalue weighted by atomic mass is 32.2. The van der Waals surface area contributed by atoms with Crippen molar-refractivity contribution >= 4 is 45.8 Å². The van der Waals surface area contributed by atoms with Crippen molar-refractivity contribution in [2.75, 3.05) is 0 Å². The number of ether oxygens (including phenoxy) is 1. The normalized spacial score (nSPS) is 10.5. The first-order valence-corrected chi connectivity index (χ1v) is 9.51. The third kappa shape index (κ3) is 7.02. The van der Waals surface area contributed by atoms with Crippen LogP contribution in [0.5, 0.6) is 5.75 Å². The van der Waals surface area contributed by atoms with Crippen molar-refractivity contribution in [3.05, 3.63) is 85.2 Å². The van der Waals surface area contributed by atoms with Gasteiger partial charge in [-0.25, -0.2) is 4.79 Å². The lowest BCUT2D eigenvalue weighted by molar-refractivity contribution is -0.131. The van der Waals surface area contributed by atoms with Crippen LogP contribution >= 0.6 is 23.5 Å². The molecule has 0 radical (unpaired) electrons. The summed E-state index contributed by atoms with van der Waals surface area (Å²) in [4.78, 5) is 36.0. The highest BCUT2D eigenvalue weighted by molar-refractivity contribution is 8.14. The van der Waals surface area contributed by atoms with E-state index in [9.17, 15) is 18.8 Å². The summed E-state index contributed by atoms with van der Waals surface area (Å²) in [5.41, 5.74) is 0.711. The zero-order chi connectivity index (χ0) is 20.5. The molecule has 0 spiro atoms. The Balaban J connectivity index is 1.91. The van der Waals surface area contributed by atoms with Gasteiger partial charge in [0.2, 0.25) is 16.1 Å². The van der Waals surface area contributed by atoms with E-state index in [1.807, 2.05) is 0 Å². The van der Waals surface area contributed by atoms with Gasteiger partial charge in [-0.3, -0.25) is 9.59 Å². The van der Waals surface area contributed by atoms with Gasteiger partial charge < -0.3 is 4.74 Å². The van der Waals surface area contributed by atoms with Crippen LogP contribution in [-0.4, -0.2) is 16.2 Å². The maximum Gasteiger partial charge on any atom is 0.371 e. The fourth-order valence-corrected chi connectivity index (χ4v) is 3.09. The average molecular weight is 414 g/mol. The van der Waals surface area contributed by atoms with E-state index in [2.05, 4.69) is 13.2 Å². The van der Waals surface area contributed by atoms with E-state index in [-0.39, 0.29) is 16.0 Å². The predicted octanol–water partition coefficient (Wildman–Crippen LogP) is 5.21. The van der Waals surface area contributed by atoms with Crippen LogP contribution in [-0.2, 0) is 14.4 Å². The van der Waals surface area contributed by atoms with Gasteiger partial charge >= 0.3 is 5.97 Å². The summed E-state index contributed by atoms with van der Waals surface area (Å²) in [5.74, 6) is -2.15. The lowest BCUT2D eigenvalue weighted by Crippen LogP contribution is -2.07. The molecule has 0 bridgehead atoms. The van der Waals surface area contributed by atoms with E-state index in [4.69, 9.17) is 4.74 Å². The first-order valence-electron chi connectivity index (χ1n) is 7.88. The first kappa shape index (κ1) is 21.4. The van der Waals surface area contributed by atoms with Crippen molar-refractivity contribution < 1.29 is 23.5 Å². The summed E-state index contributed by atoms with van der Waals surface area (Å²) in [6.07, 6.45) is 4.27. The van der Waals surface area contributed by atoms with E-state index in [1.54, 1.807) is 42.5 Å². The third-order valence-electron chi connectivity index (χ3n) is 3.15. The van der Waals surface area contributed by atoms with Crippen LogP contribution in [0.1, 0.15) is 5.56 Å². The summed E-state index contributed by atoms with van der Waals surface area (Å²) >= 11 is 2.11. The molecule has 0 aliphatic heterocycles. The Kier molecular flexibility index (Phi) is 7.98. The van der Waals surface area contributed by atoms with E-state index >= 15 is 0 Å². The molecule has 0 fully saturated rings. The highest BCUT2D eigenvalue weighted by Crippen LogP contribution is 2.25. The van der Waals surface area contributed by atoms with Gasteiger partial charge in [0.1, 0.15) is 5.75 Å². The molecular formula is C21H15FO4S2. The number of halogens is 1. The minimum atomic E-state index is -1.18. The van der Waals surface area contributed by atoms with Gasteiger partial charge in [0.15, 0.2) is 0 Å². The van der Waals surface area contributed by atoms with Crippen LogP contribution in [0.2, 0.25) is 0 Å². The van der Waals surface area contributed by atoms with Crippen molar-refractivity contribution in [2.45, 2.75) is 9.79 Å². The Morgan fingerprint density at radius 2 is 1.43 bits per heavy atom. The summed E-state index contributed by atoms with van der Waals surface area (Å²) in [5, 5.41) is -0.318. The van der Waals surface area contributed by atoms with Crippen LogP contribution in [0.15, 0.2) is 89.5 Å². The molecule has 0 aliphatic rings. The zero-order valence-electron chi connectivity index (χ0n) is 14.6. The Bertz CT molecular complexity index is 932. The summed E-state index contributed by atoms with van der Waals surface area (Å²) in [6, 6.07) is 13.3. The molecule has 0 N–H and O–H groups in total. The summed E-state index contributed by atoms with van der Waals surface area (Å²) < 4.78 is 17.3. The molecule has 7 heteroatoms. The lowest BCUT2D eigenvalue weighted by atomic mass is 10.2. The fourth-order valence-electron chi connectivity index (χ4n) is 1.86. The molecule has 2 aromatic rings. The molecule has 0 aromatic heterocycles. The van der Waals surface area contributed by atoms with Gasteiger partial charge in [0.25, 0.3) is 0 Å². The number of carbonyl (C=O) groups excluding carboxylic acids is 3. The maximum absolute atomic E-state index is 12.6. The smallest absolute Gasteiger partial charge is 0.371 e. The second kappa shape index (κ2) is 10.4. The average Bonchev–Trinajstić information content (AvgIpc) is 2.68. The van der Waals surface area contributed by atoms with Gasteiger partial charge in [-0.1, -0.05) is 31.4 Å². The molecule has 28 heavy (non-hydrogen) atoms. The van der Waals surface area contributed by atoms with Gasteiger partial charge in [0, 0.05) is 9.79 Å². The fraction of sp³-hybridized carbons (Fsp3) is 0. The Morgan fingerprint density at radius 3 is 1.93 bits per heavy atom. The molecule has 0 saturated carbocycles. The highest BCUT2D eigenvalue weighted by Gasteiger charge is 2.08. The monoisotopic (exact) mass is 414 g/mol. The van der Waals surface area contributed by atoms with Gasteiger partial charge in [-0.15, -0.1) is 0 Å². The molecule has 0 unspecified atom stereocenters. The summed E-state index contributed by atoms with van der Waals surface area (Å²) in [6.45, 7) is 6.28. The van der Waals surface area contributed by atoms with E-state index in [0.717, 1.165) is 33.3 Å². The zero-order valence-corrected chi connectivity index (χ0v) is 16.2. The van der Waals surface area contributed by atoms with Crippen molar-refractivity contribution in [1.82, 2.24) is 0 Å². The molecule has 142 valence electrons. The van der Waals surface area contributed by atoms with Crippen LogP contribution in [0.25, 0.3) is 6.08 Å². The topological polar surface area (TPSA) is 60.4 Å². The van der Waals surface area contributed by atoms with Crippen molar-refractivity contribution in [3.63, 3.8) is 0 Å². The molecule has 0 aliphatic carbocycles. The van der Waals surface area contributed by atoms with Gasteiger partial charge in [-0.2, -0.15) is 4.39 Å². The number of thioether (sulfide) groups is 2. The van der Waals surface area contributed by atoms with Crippen LogP contribution < -0.4 is 4.74 Å². The molecule has 0 heterocycles. The molecule has 0 saturated heterocycles. The van der Waals surface area contributed by atoms with Gasteiger partial charge in [0.05, 0.1) is 0 Å². The molecule has 0 amide bonds. The van der Waals surface area contributed by atoms with Crippen LogP contribution in [0.3, 0.4) is 0 Å². The van der Waals surface area contributed by atoms with Crippen molar-refractivity contribution in [2.24, 2.45) is 0 Å². The SMILES string of the molecule is C=CC(=O)Sc1ccc(SC(=O)/C=C/c2ccc(OC(=O)C(=C)F)cc2)cc1. The largest absolute Gasteiger partial charge is 0.421 e. The molecule has 2 rings (SSSR count). The van der Waals surface area contributed by atoms with Crippen molar-refractivity contribution in [1.29, 1.82) is 0 Å². The number of hydrogen-bond acceptors (Lipinski definition) is 6. The Labute approximate surface area is 170 Å². The Morgan fingerprint density at radius 1 is 0.893 bits per heavy atom. The summed E-state index contributed by atoms with van der Waals surface area (Å²) in [7, 11) is 0. The number of rotatable bonds is 7. The minimum Gasteiger partial charge on any atom is -0.421 e. The molecule has 4 nitrogen and oxygen atoms in total. The van der Waals surface area contributed by atoms with Gasteiger partial charge in [-0.05, 0) is 77.6 Å². The predicted molar refractivity (Wildman–Crippen MR) is 110 cm³/mol. The van der Waals surface area contributed by atoms with Crippen molar-refractivity contribution in [3.8, 4) is 5.75 Å². The Hall–Kier alpha value is -2.90. The minimum absolute atomic E-state index is 0.144. The van der Waals surface area contributed by atoms with E-state index in [1.165, 1.54) is 24.3 Å². The van der Waals surface area contributed by atoms with Crippen LogP contribution in [0.4, 0.5) is 4.39 Å². The number of carbonyl (C=O) groups is 3. The second-order valence-electron chi connectivity index (χ2n) is 5.21. The number of benzene rings is 2. The quantitative estimate of drug-likeness (QED) is 0.268. The standard InChI is InChI=1S/C21H15FO4S2/c1-3-19(23)27-17-9-11-18(12-10-17)28-20(24)13-6-15-4-7-16(8-5-15)26-21(25)14(2)22/h3-13H,1-2H2/b13-6+. The maximum atomic E-state index is 12.6. The van der Waals surface area contributed by atoms with E-state index < -0.39 is 11.8 Å². The lowest BCUT2D eigenvalue weighted by Gasteiger charge is -2.02.